The third-order valence-corrected chi connectivity index (χ3v) is 11.3. The van der Waals surface area contributed by atoms with E-state index in [1.54, 1.807) is 24.0 Å². The second-order valence-electron chi connectivity index (χ2n) is 16.1. The standard InChI is InChI=1S/C42H51FN4O4/c1-26-9-7-13-35(43)37(26)40(49)47-36-14-8-10-29(36)24-34(38(47)27-15-18-32(19-16-27)44-31-11-5-6-12-31)39(48)45-33-20-17-30-25-46(22-21-28(30)23-33)41(50)51-42(2,3)4/h7,9,13,15-20,23,29,31,34,36,38,44H,5-6,8,10-12,14,21-22,24-25H2,1-4H3,(H,45,48)/t29-,34+,36?,38?/m1/s1. The lowest BCUT2D eigenvalue weighted by atomic mass is 9.76. The van der Waals surface area contributed by atoms with E-state index in [4.69, 9.17) is 4.74 Å². The van der Waals surface area contributed by atoms with Crippen molar-refractivity contribution in [3.05, 3.63) is 94.3 Å². The van der Waals surface area contributed by atoms with Crippen molar-refractivity contribution >= 4 is 29.3 Å². The van der Waals surface area contributed by atoms with Gasteiger partial charge in [-0.05, 0) is 125 Å². The first-order chi connectivity index (χ1) is 24.4. The number of carbonyl (C=O) groups excluding carboxylic acids is 3. The number of ether oxygens (including phenoxy) is 1. The highest BCUT2D eigenvalue weighted by atomic mass is 19.1. The summed E-state index contributed by atoms with van der Waals surface area (Å²) in [6.07, 6.45) is 8.49. The van der Waals surface area contributed by atoms with Crippen LogP contribution in [0.4, 0.5) is 20.6 Å². The maximum atomic E-state index is 15.4. The molecule has 1 saturated heterocycles. The van der Waals surface area contributed by atoms with Gasteiger partial charge < -0.3 is 25.2 Å². The first-order valence-electron chi connectivity index (χ1n) is 18.8. The number of halogens is 1. The molecule has 0 spiro atoms. The van der Waals surface area contributed by atoms with E-state index >= 15 is 4.39 Å². The van der Waals surface area contributed by atoms with Crippen molar-refractivity contribution in [1.29, 1.82) is 0 Å². The Morgan fingerprint density at radius 2 is 1.63 bits per heavy atom. The number of rotatable bonds is 6. The summed E-state index contributed by atoms with van der Waals surface area (Å²) in [4.78, 5) is 45.4. The van der Waals surface area contributed by atoms with E-state index in [1.165, 1.54) is 18.9 Å². The van der Waals surface area contributed by atoms with Crippen molar-refractivity contribution < 1.29 is 23.5 Å². The molecule has 270 valence electrons. The highest BCUT2D eigenvalue weighted by Crippen LogP contribution is 2.49. The number of hydrogen-bond donors (Lipinski definition) is 2. The van der Waals surface area contributed by atoms with E-state index in [1.807, 2.05) is 56.0 Å². The highest BCUT2D eigenvalue weighted by molar-refractivity contribution is 5.98. The number of aryl methyl sites for hydroxylation is 1. The number of nitrogens with one attached hydrogen (secondary N) is 2. The van der Waals surface area contributed by atoms with Gasteiger partial charge in [-0.25, -0.2) is 9.18 Å². The van der Waals surface area contributed by atoms with Crippen LogP contribution in [0.5, 0.6) is 0 Å². The summed E-state index contributed by atoms with van der Waals surface area (Å²) >= 11 is 0. The first-order valence-corrected chi connectivity index (χ1v) is 18.8. The Balaban J connectivity index is 1.18. The van der Waals surface area contributed by atoms with Crippen LogP contribution in [0.3, 0.4) is 0 Å². The number of piperidine rings is 1. The van der Waals surface area contributed by atoms with E-state index in [9.17, 15) is 14.4 Å². The molecule has 2 heterocycles. The van der Waals surface area contributed by atoms with Crippen LogP contribution in [-0.4, -0.2) is 51.9 Å². The number of amides is 3. The van der Waals surface area contributed by atoms with Crippen LogP contribution >= 0.6 is 0 Å². The van der Waals surface area contributed by atoms with Crippen LogP contribution in [0.25, 0.3) is 0 Å². The number of fused-ring (bicyclic) bond motifs is 2. The first kappa shape index (κ1) is 35.0. The lowest BCUT2D eigenvalue weighted by Crippen LogP contribution is -2.54. The zero-order valence-electron chi connectivity index (χ0n) is 30.3. The van der Waals surface area contributed by atoms with Gasteiger partial charge in [-0.3, -0.25) is 9.59 Å². The van der Waals surface area contributed by atoms with Crippen molar-refractivity contribution in [2.45, 2.75) is 116 Å². The molecule has 3 fully saturated rings. The number of carbonyl (C=O) groups is 3. The van der Waals surface area contributed by atoms with Crippen molar-refractivity contribution in [3.8, 4) is 0 Å². The Hall–Kier alpha value is -4.40. The fourth-order valence-electron chi connectivity index (χ4n) is 8.90. The molecule has 7 rings (SSSR count). The van der Waals surface area contributed by atoms with Crippen LogP contribution in [0, 0.1) is 24.6 Å². The van der Waals surface area contributed by atoms with Crippen LogP contribution in [-0.2, 0) is 22.5 Å². The molecule has 0 aromatic heterocycles. The molecule has 8 nitrogen and oxygen atoms in total. The molecular formula is C42H51FN4O4. The molecule has 51 heavy (non-hydrogen) atoms. The second-order valence-corrected chi connectivity index (χ2v) is 16.1. The van der Waals surface area contributed by atoms with E-state index in [-0.39, 0.29) is 35.4 Å². The SMILES string of the molecule is Cc1cccc(F)c1C(=O)N1C2CCC[C@@H]2C[C@H](C(=O)Nc2ccc3c(c2)CCN(C(=O)OC(C)(C)C)C3)C1c1ccc(NC2CCCC2)cc1. The second kappa shape index (κ2) is 14.3. The molecule has 3 aromatic carbocycles. The zero-order valence-corrected chi connectivity index (χ0v) is 30.3. The summed E-state index contributed by atoms with van der Waals surface area (Å²) in [6, 6.07) is 18.7. The van der Waals surface area contributed by atoms with Gasteiger partial charge in [0.1, 0.15) is 11.4 Å². The van der Waals surface area contributed by atoms with Gasteiger partial charge in [-0.1, -0.05) is 49.6 Å². The molecule has 2 unspecified atom stereocenters. The summed E-state index contributed by atoms with van der Waals surface area (Å²) in [5.74, 6) is -1.41. The number of nitrogens with zero attached hydrogens (tertiary/aromatic N) is 2. The average molecular weight is 695 g/mol. The van der Waals surface area contributed by atoms with Gasteiger partial charge in [0.15, 0.2) is 0 Å². The van der Waals surface area contributed by atoms with Gasteiger partial charge in [0, 0.05) is 36.5 Å². The van der Waals surface area contributed by atoms with Crippen molar-refractivity contribution in [1.82, 2.24) is 9.80 Å². The molecule has 0 radical (unpaired) electrons. The summed E-state index contributed by atoms with van der Waals surface area (Å²) in [6.45, 7) is 8.34. The lowest BCUT2D eigenvalue weighted by Gasteiger charge is -2.48. The molecule has 4 aliphatic rings. The molecule has 4 atom stereocenters. The van der Waals surface area contributed by atoms with Crippen molar-refractivity contribution in [3.63, 3.8) is 0 Å². The average Bonchev–Trinajstić information content (AvgIpc) is 3.79. The predicted octanol–water partition coefficient (Wildman–Crippen LogP) is 8.79. The predicted molar refractivity (Wildman–Crippen MR) is 197 cm³/mol. The third kappa shape index (κ3) is 7.49. The minimum absolute atomic E-state index is 0.0708. The van der Waals surface area contributed by atoms with Gasteiger partial charge in [0.2, 0.25) is 5.91 Å². The maximum Gasteiger partial charge on any atom is 0.410 e. The van der Waals surface area contributed by atoms with E-state index in [0.29, 0.717) is 43.2 Å². The monoisotopic (exact) mass is 694 g/mol. The van der Waals surface area contributed by atoms with Crippen LogP contribution in [0.2, 0.25) is 0 Å². The number of anilines is 2. The minimum Gasteiger partial charge on any atom is -0.444 e. The Morgan fingerprint density at radius 1 is 0.882 bits per heavy atom. The molecule has 3 amide bonds. The van der Waals surface area contributed by atoms with Gasteiger partial charge in [-0.15, -0.1) is 0 Å². The number of likely N-dealkylation sites (tertiary alicyclic amines) is 1. The van der Waals surface area contributed by atoms with Gasteiger partial charge in [0.25, 0.3) is 5.91 Å². The van der Waals surface area contributed by atoms with E-state index in [2.05, 4.69) is 22.8 Å². The number of benzene rings is 3. The molecule has 9 heteroatoms. The molecule has 2 N–H and O–H groups in total. The fourth-order valence-corrected chi connectivity index (χ4v) is 8.90. The summed E-state index contributed by atoms with van der Waals surface area (Å²) in [5, 5.41) is 6.87. The van der Waals surface area contributed by atoms with Crippen molar-refractivity contribution in [2.24, 2.45) is 11.8 Å². The Morgan fingerprint density at radius 3 is 2.35 bits per heavy atom. The van der Waals surface area contributed by atoms with E-state index in [0.717, 1.165) is 54.5 Å². The zero-order chi connectivity index (χ0) is 35.9. The fraction of sp³-hybridized carbons (Fsp3) is 0.500. The van der Waals surface area contributed by atoms with Gasteiger partial charge in [-0.2, -0.15) is 0 Å². The highest BCUT2D eigenvalue weighted by Gasteiger charge is 2.50. The van der Waals surface area contributed by atoms with Gasteiger partial charge >= 0.3 is 6.09 Å². The van der Waals surface area contributed by atoms with Crippen LogP contribution in [0.1, 0.15) is 111 Å². The topological polar surface area (TPSA) is 91.0 Å². The lowest BCUT2D eigenvalue weighted by molar-refractivity contribution is -0.125. The Bertz CT molecular complexity index is 1760. The molecule has 0 bridgehead atoms. The van der Waals surface area contributed by atoms with E-state index < -0.39 is 23.4 Å². The minimum atomic E-state index is -0.566. The molecule has 2 aliphatic heterocycles. The Labute approximate surface area is 301 Å². The largest absolute Gasteiger partial charge is 0.444 e. The molecular weight excluding hydrogens is 643 g/mol. The van der Waals surface area contributed by atoms with Crippen LogP contribution < -0.4 is 10.6 Å². The molecule has 2 aliphatic carbocycles. The summed E-state index contributed by atoms with van der Waals surface area (Å²) in [5.41, 5.74) is 4.83. The summed E-state index contributed by atoms with van der Waals surface area (Å²) < 4.78 is 21.0. The normalized spacial score (nSPS) is 23.4. The maximum absolute atomic E-state index is 15.4. The number of hydrogen-bond acceptors (Lipinski definition) is 5. The smallest absolute Gasteiger partial charge is 0.410 e. The van der Waals surface area contributed by atoms with Crippen molar-refractivity contribution in [2.75, 3.05) is 17.2 Å². The van der Waals surface area contributed by atoms with Crippen LogP contribution in [0.15, 0.2) is 60.7 Å². The molecule has 2 saturated carbocycles. The molecule has 3 aromatic rings. The Kier molecular flexibility index (Phi) is 9.83. The third-order valence-electron chi connectivity index (χ3n) is 11.3. The quantitative estimate of drug-likeness (QED) is 0.269. The van der Waals surface area contributed by atoms with Gasteiger partial charge in [0.05, 0.1) is 17.5 Å². The summed E-state index contributed by atoms with van der Waals surface area (Å²) in [7, 11) is 0.